The molecule has 1 aliphatic carbocycles. The van der Waals surface area contributed by atoms with E-state index >= 15 is 0 Å². The summed E-state index contributed by atoms with van der Waals surface area (Å²) >= 11 is 0. The molecule has 0 N–H and O–H groups in total. The Morgan fingerprint density at radius 3 is 2.55 bits per heavy atom. The molecule has 0 unspecified atom stereocenters. The van der Waals surface area contributed by atoms with E-state index in [0.717, 1.165) is 31.2 Å². The lowest BCUT2D eigenvalue weighted by atomic mass is 9.88. The van der Waals surface area contributed by atoms with E-state index in [0.29, 0.717) is 0 Å². The van der Waals surface area contributed by atoms with Crippen molar-refractivity contribution in [1.29, 1.82) is 0 Å². The third kappa shape index (κ3) is 4.04. The van der Waals surface area contributed by atoms with E-state index in [2.05, 4.69) is 0 Å². The zero-order valence-corrected chi connectivity index (χ0v) is 12.9. The maximum absolute atomic E-state index is 12.1. The molecule has 5 heteroatoms. The summed E-state index contributed by atoms with van der Waals surface area (Å²) in [4.78, 5) is 0.224. The van der Waals surface area contributed by atoms with Crippen LogP contribution in [0.4, 0.5) is 0 Å². The van der Waals surface area contributed by atoms with Crippen LogP contribution in [0.25, 0.3) is 0 Å². The van der Waals surface area contributed by atoms with Crippen molar-refractivity contribution in [2.45, 2.75) is 43.6 Å². The van der Waals surface area contributed by atoms with Gasteiger partial charge < -0.3 is 4.74 Å². The van der Waals surface area contributed by atoms with E-state index in [1.165, 1.54) is 0 Å². The van der Waals surface area contributed by atoms with Gasteiger partial charge in [-0.1, -0.05) is 24.1 Å². The van der Waals surface area contributed by atoms with Gasteiger partial charge in [0.2, 0.25) is 0 Å². The van der Waals surface area contributed by atoms with E-state index in [4.69, 9.17) is 8.92 Å². The third-order valence-corrected chi connectivity index (χ3v) is 5.13. The second-order valence-electron chi connectivity index (χ2n) is 5.44. The van der Waals surface area contributed by atoms with Crippen LogP contribution in [0, 0.1) is 12.8 Å². The van der Waals surface area contributed by atoms with Crippen LogP contribution in [0.5, 0.6) is 0 Å². The molecule has 20 heavy (non-hydrogen) atoms. The number of ether oxygens (including phenoxy) is 1. The molecule has 0 amide bonds. The smallest absolute Gasteiger partial charge is 0.296 e. The normalized spacial score (nSPS) is 23.7. The molecule has 1 aromatic rings. The maximum atomic E-state index is 12.1. The Bertz CT molecular complexity index is 521. The van der Waals surface area contributed by atoms with Crippen LogP contribution < -0.4 is 0 Å². The highest BCUT2D eigenvalue weighted by Gasteiger charge is 2.24. The van der Waals surface area contributed by atoms with Crippen molar-refractivity contribution in [2.75, 3.05) is 13.7 Å². The summed E-state index contributed by atoms with van der Waals surface area (Å²) in [5.74, 6) is 0.258. The molecule has 4 nitrogen and oxygen atoms in total. The number of hydrogen-bond acceptors (Lipinski definition) is 4. The van der Waals surface area contributed by atoms with Crippen LogP contribution in [0.15, 0.2) is 29.2 Å². The molecule has 0 spiro atoms. The molecule has 1 aromatic carbocycles. The highest BCUT2D eigenvalue weighted by Crippen LogP contribution is 2.27. The van der Waals surface area contributed by atoms with Gasteiger partial charge in [0.25, 0.3) is 10.1 Å². The Kier molecular flexibility index (Phi) is 5.18. The van der Waals surface area contributed by atoms with Crippen LogP contribution in [0.3, 0.4) is 0 Å². The average molecular weight is 298 g/mol. The van der Waals surface area contributed by atoms with Gasteiger partial charge in [-0.25, -0.2) is 0 Å². The van der Waals surface area contributed by atoms with Crippen LogP contribution in [0.2, 0.25) is 0 Å². The molecular weight excluding hydrogens is 276 g/mol. The molecule has 0 aromatic heterocycles. The van der Waals surface area contributed by atoms with Crippen molar-refractivity contribution < 1.29 is 17.3 Å². The second-order valence-corrected chi connectivity index (χ2v) is 7.06. The van der Waals surface area contributed by atoms with Crippen molar-refractivity contribution in [2.24, 2.45) is 5.92 Å². The Hall–Kier alpha value is -0.910. The van der Waals surface area contributed by atoms with Gasteiger partial charge in [0.15, 0.2) is 0 Å². The van der Waals surface area contributed by atoms with E-state index < -0.39 is 10.1 Å². The first kappa shape index (κ1) is 15.5. The summed E-state index contributed by atoms with van der Waals surface area (Å²) in [6.45, 7) is 2.17. The summed E-state index contributed by atoms with van der Waals surface area (Å²) < 4.78 is 34.7. The predicted octanol–water partition coefficient (Wildman–Crippen LogP) is 2.91. The molecule has 1 fully saturated rings. The summed E-state index contributed by atoms with van der Waals surface area (Å²) in [6, 6.07) is 6.72. The highest BCUT2D eigenvalue weighted by atomic mass is 32.2. The second kappa shape index (κ2) is 6.70. The Morgan fingerprint density at radius 2 is 1.90 bits per heavy atom. The largest absolute Gasteiger partial charge is 0.381 e. The van der Waals surface area contributed by atoms with Crippen molar-refractivity contribution in [3.8, 4) is 0 Å². The third-order valence-electron chi connectivity index (χ3n) is 3.84. The fourth-order valence-corrected chi connectivity index (χ4v) is 3.54. The fourth-order valence-electron chi connectivity index (χ4n) is 2.57. The number of methoxy groups -OCH3 is 1. The van der Waals surface area contributed by atoms with Crippen LogP contribution in [-0.2, 0) is 19.0 Å². The Balaban J connectivity index is 1.94. The van der Waals surface area contributed by atoms with Crippen molar-refractivity contribution in [3.63, 3.8) is 0 Å². The van der Waals surface area contributed by atoms with Crippen molar-refractivity contribution in [3.05, 3.63) is 29.8 Å². The maximum Gasteiger partial charge on any atom is 0.296 e. The Labute approximate surface area is 121 Å². The lowest BCUT2D eigenvalue weighted by Crippen LogP contribution is -2.25. The van der Waals surface area contributed by atoms with E-state index in [1.54, 1.807) is 31.4 Å². The van der Waals surface area contributed by atoms with Gasteiger partial charge in [0.1, 0.15) is 0 Å². The van der Waals surface area contributed by atoms with Crippen LogP contribution in [-0.4, -0.2) is 28.2 Å². The molecule has 0 bridgehead atoms. The monoisotopic (exact) mass is 298 g/mol. The number of hydrogen-bond donors (Lipinski definition) is 0. The SMILES string of the molecule is CO[C@H]1CCC[C@H](COS(=O)(=O)c2ccc(C)cc2)C1. The highest BCUT2D eigenvalue weighted by molar-refractivity contribution is 7.86. The molecule has 2 rings (SSSR count). The van der Waals surface area contributed by atoms with Gasteiger partial charge in [0, 0.05) is 7.11 Å². The van der Waals surface area contributed by atoms with Gasteiger partial charge in [-0.05, 0) is 44.2 Å². The van der Waals surface area contributed by atoms with Gasteiger partial charge >= 0.3 is 0 Å². The summed E-state index contributed by atoms with van der Waals surface area (Å²) in [6.07, 6.45) is 4.23. The molecule has 1 saturated carbocycles. The molecule has 0 heterocycles. The summed E-state index contributed by atoms with van der Waals surface area (Å²) in [5.41, 5.74) is 1.03. The molecule has 1 aliphatic rings. The molecule has 0 radical (unpaired) electrons. The number of aryl methyl sites for hydroxylation is 1. The topological polar surface area (TPSA) is 52.6 Å². The average Bonchev–Trinajstić information content (AvgIpc) is 2.46. The Morgan fingerprint density at radius 1 is 1.20 bits per heavy atom. The number of rotatable bonds is 5. The molecular formula is C15H22O4S. The van der Waals surface area contributed by atoms with Gasteiger partial charge in [0.05, 0.1) is 17.6 Å². The summed E-state index contributed by atoms with van der Waals surface area (Å²) in [7, 11) is -1.94. The lowest BCUT2D eigenvalue weighted by molar-refractivity contribution is 0.0400. The zero-order chi connectivity index (χ0) is 14.6. The summed E-state index contributed by atoms with van der Waals surface area (Å²) in [5, 5.41) is 0. The van der Waals surface area contributed by atoms with Gasteiger partial charge in [-0.2, -0.15) is 8.42 Å². The minimum absolute atomic E-state index is 0.224. The molecule has 0 aliphatic heterocycles. The number of benzene rings is 1. The minimum atomic E-state index is -3.64. The van der Waals surface area contributed by atoms with E-state index in [-0.39, 0.29) is 23.5 Å². The fraction of sp³-hybridized carbons (Fsp3) is 0.600. The van der Waals surface area contributed by atoms with E-state index in [1.807, 2.05) is 6.92 Å². The molecule has 0 saturated heterocycles. The van der Waals surface area contributed by atoms with Crippen molar-refractivity contribution >= 4 is 10.1 Å². The van der Waals surface area contributed by atoms with Gasteiger partial charge in [-0.15, -0.1) is 0 Å². The predicted molar refractivity (Wildman–Crippen MR) is 77.1 cm³/mol. The first-order valence-corrected chi connectivity index (χ1v) is 8.41. The minimum Gasteiger partial charge on any atom is -0.381 e. The van der Waals surface area contributed by atoms with Crippen LogP contribution >= 0.6 is 0 Å². The quantitative estimate of drug-likeness (QED) is 0.784. The molecule has 2 atom stereocenters. The van der Waals surface area contributed by atoms with Gasteiger partial charge in [-0.3, -0.25) is 4.18 Å². The zero-order valence-electron chi connectivity index (χ0n) is 12.0. The first-order valence-electron chi connectivity index (χ1n) is 7.00. The van der Waals surface area contributed by atoms with E-state index in [9.17, 15) is 8.42 Å². The van der Waals surface area contributed by atoms with Crippen molar-refractivity contribution in [1.82, 2.24) is 0 Å². The molecule has 112 valence electrons. The van der Waals surface area contributed by atoms with Crippen LogP contribution in [0.1, 0.15) is 31.2 Å². The first-order chi connectivity index (χ1) is 9.51. The lowest BCUT2D eigenvalue weighted by Gasteiger charge is -2.27. The standard InChI is InChI=1S/C15H22O4S/c1-12-6-8-15(9-7-12)20(16,17)19-11-13-4-3-5-14(10-13)18-2/h6-9,13-14H,3-5,10-11H2,1-2H3/t13-,14-/m0/s1.